The van der Waals surface area contributed by atoms with Gasteiger partial charge in [-0.2, -0.15) is 0 Å². The van der Waals surface area contributed by atoms with Crippen molar-refractivity contribution >= 4 is 34.8 Å². The molecule has 6 nitrogen and oxygen atoms in total. The van der Waals surface area contributed by atoms with Crippen molar-refractivity contribution in [3.8, 4) is 0 Å². The molecule has 0 radical (unpaired) electrons. The molecule has 1 heterocycles. The molecule has 24 heavy (non-hydrogen) atoms. The van der Waals surface area contributed by atoms with Crippen LogP contribution in [0.25, 0.3) is 0 Å². The third-order valence-electron chi connectivity index (χ3n) is 3.57. The van der Waals surface area contributed by atoms with E-state index in [1.807, 2.05) is 20.8 Å². The van der Waals surface area contributed by atoms with E-state index in [0.29, 0.717) is 37.6 Å². The third kappa shape index (κ3) is 5.01. The molecule has 1 aliphatic rings. The fraction of sp³-hybridized carbons (Fsp3) is 0.471. The quantitative estimate of drug-likeness (QED) is 0.800. The number of benzene rings is 1. The lowest BCUT2D eigenvalue weighted by atomic mass is 9.96. The number of amides is 2. The lowest BCUT2D eigenvalue weighted by Gasteiger charge is -2.27. The van der Waals surface area contributed by atoms with Gasteiger partial charge < -0.3 is 20.3 Å². The lowest BCUT2D eigenvalue weighted by molar-refractivity contribution is -0.126. The first-order chi connectivity index (χ1) is 11.3. The predicted molar refractivity (Wildman–Crippen MR) is 97.0 cm³/mol. The van der Waals surface area contributed by atoms with Crippen LogP contribution in [0.3, 0.4) is 0 Å². The summed E-state index contributed by atoms with van der Waals surface area (Å²) in [5.74, 6) is -0.202. The van der Waals surface area contributed by atoms with Crippen LogP contribution in [0.4, 0.5) is 5.69 Å². The Morgan fingerprint density at radius 3 is 2.50 bits per heavy atom. The van der Waals surface area contributed by atoms with Crippen LogP contribution in [0.2, 0.25) is 0 Å². The van der Waals surface area contributed by atoms with Gasteiger partial charge in [0.2, 0.25) is 5.91 Å². The van der Waals surface area contributed by atoms with Crippen LogP contribution in [0.15, 0.2) is 24.3 Å². The molecule has 0 spiro atoms. The number of hydrogen-bond acceptors (Lipinski definition) is 4. The maximum atomic E-state index is 12.5. The van der Waals surface area contributed by atoms with E-state index in [2.05, 4.69) is 10.6 Å². The number of ether oxygens (including phenoxy) is 1. The largest absolute Gasteiger partial charge is 0.378 e. The van der Waals surface area contributed by atoms with Crippen LogP contribution in [0.5, 0.6) is 0 Å². The van der Waals surface area contributed by atoms with Crippen molar-refractivity contribution in [1.29, 1.82) is 0 Å². The second-order valence-corrected chi connectivity index (χ2v) is 7.05. The molecule has 0 unspecified atom stereocenters. The smallest absolute Gasteiger partial charge is 0.254 e. The van der Waals surface area contributed by atoms with E-state index >= 15 is 0 Å². The number of carbonyl (C=O) groups is 2. The molecule has 1 saturated heterocycles. The van der Waals surface area contributed by atoms with Gasteiger partial charge in [0.05, 0.1) is 13.2 Å². The highest BCUT2D eigenvalue weighted by Gasteiger charge is 2.22. The van der Waals surface area contributed by atoms with Crippen molar-refractivity contribution in [2.45, 2.75) is 20.8 Å². The Morgan fingerprint density at radius 2 is 1.88 bits per heavy atom. The summed E-state index contributed by atoms with van der Waals surface area (Å²) in [5.41, 5.74) is 0.708. The monoisotopic (exact) mass is 349 g/mol. The van der Waals surface area contributed by atoms with Gasteiger partial charge in [0, 0.05) is 29.8 Å². The van der Waals surface area contributed by atoms with Gasteiger partial charge in [0.1, 0.15) is 0 Å². The van der Waals surface area contributed by atoms with Crippen molar-refractivity contribution in [2.24, 2.45) is 5.41 Å². The zero-order valence-corrected chi connectivity index (χ0v) is 15.0. The molecular formula is C17H23N3O3S. The van der Waals surface area contributed by atoms with Gasteiger partial charge in [0.25, 0.3) is 5.91 Å². The average molecular weight is 349 g/mol. The Balaban J connectivity index is 2.01. The number of anilines is 1. The van der Waals surface area contributed by atoms with Gasteiger partial charge in [-0.05, 0) is 30.4 Å². The molecule has 0 saturated carbocycles. The fourth-order valence-electron chi connectivity index (χ4n) is 2.13. The van der Waals surface area contributed by atoms with Crippen LogP contribution < -0.4 is 10.6 Å². The minimum absolute atomic E-state index is 0.0356. The Hall–Kier alpha value is -1.99. The van der Waals surface area contributed by atoms with Crippen molar-refractivity contribution in [3.63, 3.8) is 0 Å². The van der Waals surface area contributed by atoms with Crippen LogP contribution in [-0.2, 0) is 9.53 Å². The number of nitrogens with one attached hydrogen (secondary N) is 2. The topological polar surface area (TPSA) is 70.7 Å². The second-order valence-electron chi connectivity index (χ2n) is 6.64. The van der Waals surface area contributed by atoms with E-state index in [9.17, 15) is 9.59 Å². The molecule has 0 aromatic heterocycles. The summed E-state index contributed by atoms with van der Waals surface area (Å²) >= 11 is 5.16. The van der Waals surface area contributed by atoms with Gasteiger partial charge in [-0.25, -0.2) is 0 Å². The Bertz CT molecular complexity index is 634. The number of hydrogen-bond donors (Lipinski definition) is 2. The van der Waals surface area contributed by atoms with Gasteiger partial charge in [-0.15, -0.1) is 0 Å². The number of nitrogens with zero attached hydrogens (tertiary/aromatic N) is 1. The molecule has 2 rings (SSSR count). The zero-order valence-electron chi connectivity index (χ0n) is 14.2. The number of rotatable bonds is 2. The van der Waals surface area contributed by atoms with Gasteiger partial charge >= 0.3 is 0 Å². The summed E-state index contributed by atoms with van der Waals surface area (Å²) < 4.78 is 5.26. The molecule has 2 amide bonds. The van der Waals surface area contributed by atoms with Gasteiger partial charge in [0.15, 0.2) is 5.11 Å². The van der Waals surface area contributed by atoms with Crippen LogP contribution in [0, 0.1) is 5.41 Å². The number of thiocarbonyl (C=S) groups is 1. The molecule has 1 fully saturated rings. The number of carbonyl (C=O) groups excluding carboxylic acids is 2. The highest BCUT2D eigenvalue weighted by Crippen LogP contribution is 2.15. The first-order valence-electron chi connectivity index (χ1n) is 7.87. The van der Waals surface area contributed by atoms with Crippen molar-refractivity contribution in [3.05, 3.63) is 29.8 Å². The van der Waals surface area contributed by atoms with Crippen molar-refractivity contribution in [1.82, 2.24) is 10.2 Å². The first-order valence-corrected chi connectivity index (χ1v) is 8.28. The Morgan fingerprint density at radius 1 is 1.21 bits per heavy atom. The zero-order chi connectivity index (χ0) is 17.7. The number of morpholine rings is 1. The second kappa shape index (κ2) is 7.72. The molecule has 2 N–H and O–H groups in total. The fourth-order valence-corrected chi connectivity index (χ4v) is 2.34. The standard InChI is InChI=1S/C17H23N3O3S/c1-17(2,3)15(22)19-16(24)18-13-6-4-5-12(11-13)14(21)20-7-9-23-10-8-20/h4-6,11H,7-10H2,1-3H3,(H2,18,19,22,24). The molecule has 7 heteroatoms. The summed E-state index contributed by atoms with van der Waals surface area (Å²) in [6.07, 6.45) is 0. The minimum atomic E-state index is -0.528. The summed E-state index contributed by atoms with van der Waals surface area (Å²) in [6.45, 7) is 7.75. The van der Waals surface area contributed by atoms with E-state index in [0.717, 1.165) is 0 Å². The SMILES string of the molecule is CC(C)(C)C(=O)NC(=S)Nc1cccc(C(=O)N2CCOCC2)c1. The van der Waals surface area contributed by atoms with E-state index in [1.54, 1.807) is 29.2 Å². The first kappa shape index (κ1) is 18.4. The molecule has 130 valence electrons. The minimum Gasteiger partial charge on any atom is -0.378 e. The van der Waals surface area contributed by atoms with E-state index in [1.165, 1.54) is 0 Å². The highest BCUT2D eigenvalue weighted by atomic mass is 32.1. The average Bonchev–Trinajstić information content (AvgIpc) is 2.54. The van der Waals surface area contributed by atoms with E-state index < -0.39 is 5.41 Å². The third-order valence-corrected chi connectivity index (χ3v) is 3.78. The maximum absolute atomic E-state index is 12.5. The normalized spacial score (nSPS) is 14.9. The molecule has 0 bridgehead atoms. The van der Waals surface area contributed by atoms with Crippen LogP contribution >= 0.6 is 12.2 Å². The summed E-state index contributed by atoms with van der Waals surface area (Å²) in [5, 5.41) is 5.81. The van der Waals surface area contributed by atoms with Crippen LogP contribution in [0.1, 0.15) is 31.1 Å². The molecule has 1 aromatic carbocycles. The summed E-state index contributed by atoms with van der Waals surface area (Å²) in [6, 6.07) is 7.07. The Labute approximate surface area is 147 Å². The molecule has 0 aliphatic carbocycles. The van der Waals surface area contributed by atoms with E-state index in [4.69, 9.17) is 17.0 Å². The summed E-state index contributed by atoms with van der Waals surface area (Å²) in [4.78, 5) is 26.2. The van der Waals surface area contributed by atoms with Gasteiger partial charge in [-0.3, -0.25) is 9.59 Å². The Kier molecular flexibility index (Phi) is 5.90. The predicted octanol–water partition coefficient (Wildman–Crippen LogP) is 2.02. The maximum Gasteiger partial charge on any atom is 0.254 e. The van der Waals surface area contributed by atoms with Gasteiger partial charge in [-0.1, -0.05) is 26.8 Å². The molecule has 1 aromatic rings. The molecule has 1 aliphatic heterocycles. The highest BCUT2D eigenvalue weighted by molar-refractivity contribution is 7.80. The summed E-state index contributed by atoms with van der Waals surface area (Å²) in [7, 11) is 0. The lowest BCUT2D eigenvalue weighted by Crippen LogP contribution is -2.41. The van der Waals surface area contributed by atoms with Crippen molar-refractivity contribution in [2.75, 3.05) is 31.6 Å². The molecule has 0 atom stereocenters. The van der Waals surface area contributed by atoms with Crippen LogP contribution in [-0.4, -0.2) is 48.1 Å². The van der Waals surface area contributed by atoms with Crippen molar-refractivity contribution < 1.29 is 14.3 Å². The van der Waals surface area contributed by atoms with E-state index in [-0.39, 0.29) is 16.9 Å². The molecular weight excluding hydrogens is 326 g/mol.